The number of nitro benzene ring substituents is 1. The molecule has 0 aromatic heterocycles. The first kappa shape index (κ1) is 16.4. The van der Waals surface area contributed by atoms with E-state index in [4.69, 9.17) is 9.47 Å². The van der Waals surface area contributed by atoms with Gasteiger partial charge in [0.15, 0.2) is 6.10 Å². The maximum Gasteiger partial charge on any atom is 0.342 e. The first-order chi connectivity index (χ1) is 9.77. The molecule has 0 saturated heterocycles. The molecule has 8 nitrogen and oxygen atoms in total. The van der Waals surface area contributed by atoms with Crippen molar-refractivity contribution in [2.45, 2.75) is 13.0 Å². The lowest BCUT2D eigenvalue weighted by Crippen LogP contribution is -2.35. The molecule has 1 amide bonds. The Kier molecular flexibility index (Phi) is 5.23. The van der Waals surface area contributed by atoms with Gasteiger partial charge in [0.05, 0.1) is 12.0 Å². The number of amides is 1. The van der Waals surface area contributed by atoms with Gasteiger partial charge in [-0.25, -0.2) is 4.79 Å². The maximum absolute atomic E-state index is 12.0. The first-order valence-electron chi connectivity index (χ1n) is 6.02. The Labute approximate surface area is 121 Å². The maximum atomic E-state index is 12.0. The Hall–Kier alpha value is -2.64. The van der Waals surface area contributed by atoms with E-state index in [1.54, 1.807) is 0 Å². The van der Waals surface area contributed by atoms with Gasteiger partial charge in [0.1, 0.15) is 11.3 Å². The number of likely N-dealkylation sites (N-methyl/N-ethyl adjacent to an activating group) is 1. The molecule has 1 aromatic carbocycles. The molecule has 0 radical (unpaired) electrons. The van der Waals surface area contributed by atoms with Gasteiger partial charge in [0.2, 0.25) is 0 Å². The van der Waals surface area contributed by atoms with Gasteiger partial charge < -0.3 is 14.4 Å². The largest absolute Gasteiger partial charge is 0.496 e. The molecule has 0 aliphatic carbocycles. The highest BCUT2D eigenvalue weighted by Crippen LogP contribution is 2.25. The fourth-order valence-corrected chi connectivity index (χ4v) is 1.61. The van der Waals surface area contributed by atoms with E-state index in [0.717, 1.165) is 6.07 Å². The number of nitro groups is 1. The van der Waals surface area contributed by atoms with Gasteiger partial charge in [-0.05, 0) is 13.0 Å². The number of carbonyl (C=O) groups is 2. The molecule has 0 saturated carbocycles. The van der Waals surface area contributed by atoms with E-state index in [2.05, 4.69) is 0 Å². The van der Waals surface area contributed by atoms with Crippen LogP contribution in [0.3, 0.4) is 0 Å². The van der Waals surface area contributed by atoms with Crippen LogP contribution in [0.1, 0.15) is 17.3 Å². The second-order valence-electron chi connectivity index (χ2n) is 4.42. The van der Waals surface area contributed by atoms with Crippen molar-refractivity contribution in [1.29, 1.82) is 0 Å². The monoisotopic (exact) mass is 296 g/mol. The Morgan fingerprint density at radius 3 is 2.43 bits per heavy atom. The van der Waals surface area contributed by atoms with E-state index in [1.165, 1.54) is 45.2 Å². The van der Waals surface area contributed by atoms with E-state index in [9.17, 15) is 19.7 Å². The predicted octanol–water partition coefficient (Wildman–Crippen LogP) is 1.24. The van der Waals surface area contributed by atoms with Gasteiger partial charge in [-0.2, -0.15) is 0 Å². The van der Waals surface area contributed by atoms with Crippen LogP contribution in [0.15, 0.2) is 18.2 Å². The van der Waals surface area contributed by atoms with E-state index >= 15 is 0 Å². The van der Waals surface area contributed by atoms with Gasteiger partial charge in [0, 0.05) is 26.2 Å². The van der Waals surface area contributed by atoms with Crippen LogP contribution in [0.5, 0.6) is 5.75 Å². The van der Waals surface area contributed by atoms with Crippen molar-refractivity contribution in [3.05, 3.63) is 33.9 Å². The molecule has 114 valence electrons. The number of esters is 1. The molecular formula is C13H16N2O6. The molecule has 0 fully saturated rings. The molecule has 8 heteroatoms. The van der Waals surface area contributed by atoms with Crippen molar-refractivity contribution < 1.29 is 24.0 Å². The van der Waals surface area contributed by atoms with E-state index in [0.29, 0.717) is 0 Å². The highest BCUT2D eigenvalue weighted by Gasteiger charge is 2.24. The molecule has 1 rings (SSSR count). The number of rotatable bonds is 5. The third-order valence-corrected chi connectivity index (χ3v) is 2.69. The van der Waals surface area contributed by atoms with Gasteiger partial charge >= 0.3 is 5.97 Å². The standard InChI is InChI=1S/C13H16N2O6/c1-8(12(16)14(2)3)21-13(17)10-7-9(15(18)19)5-6-11(10)20-4/h5-8H,1-4H3/t8-/m0/s1. The van der Waals surface area contributed by atoms with Crippen molar-refractivity contribution in [1.82, 2.24) is 4.90 Å². The van der Waals surface area contributed by atoms with Gasteiger partial charge in [0.25, 0.3) is 11.6 Å². The number of hydrogen-bond donors (Lipinski definition) is 0. The minimum atomic E-state index is -1.00. The summed E-state index contributed by atoms with van der Waals surface area (Å²) in [6, 6.07) is 3.56. The Bertz CT molecular complexity index is 570. The average molecular weight is 296 g/mol. The molecule has 0 unspecified atom stereocenters. The lowest BCUT2D eigenvalue weighted by molar-refractivity contribution is -0.384. The zero-order valence-electron chi connectivity index (χ0n) is 12.2. The van der Waals surface area contributed by atoms with Crippen LogP contribution in [-0.2, 0) is 9.53 Å². The van der Waals surface area contributed by atoms with Crippen LogP contribution < -0.4 is 4.74 Å². The lowest BCUT2D eigenvalue weighted by atomic mass is 10.1. The Balaban J connectivity index is 3.03. The van der Waals surface area contributed by atoms with Crippen LogP contribution in [-0.4, -0.2) is 49.0 Å². The number of methoxy groups -OCH3 is 1. The fraction of sp³-hybridized carbons (Fsp3) is 0.385. The summed E-state index contributed by atoms with van der Waals surface area (Å²) in [5, 5.41) is 10.7. The van der Waals surface area contributed by atoms with E-state index < -0.39 is 22.9 Å². The number of nitrogens with zero attached hydrogens (tertiary/aromatic N) is 2. The Morgan fingerprint density at radius 2 is 1.95 bits per heavy atom. The Morgan fingerprint density at radius 1 is 1.33 bits per heavy atom. The highest BCUT2D eigenvalue weighted by molar-refractivity contribution is 5.95. The fourth-order valence-electron chi connectivity index (χ4n) is 1.61. The van der Waals surface area contributed by atoms with Crippen LogP contribution in [0.4, 0.5) is 5.69 Å². The number of ether oxygens (including phenoxy) is 2. The third kappa shape index (κ3) is 3.91. The molecule has 1 atom stereocenters. The topological polar surface area (TPSA) is 99.0 Å². The molecule has 0 bridgehead atoms. The van der Waals surface area contributed by atoms with Crippen LogP contribution in [0, 0.1) is 10.1 Å². The van der Waals surface area contributed by atoms with Crippen molar-refractivity contribution in [3.63, 3.8) is 0 Å². The number of hydrogen-bond acceptors (Lipinski definition) is 6. The van der Waals surface area contributed by atoms with Crippen LogP contribution in [0.2, 0.25) is 0 Å². The smallest absolute Gasteiger partial charge is 0.342 e. The summed E-state index contributed by atoms with van der Waals surface area (Å²) in [7, 11) is 4.38. The molecule has 0 aliphatic rings. The summed E-state index contributed by atoms with van der Waals surface area (Å²) in [5.74, 6) is -1.12. The average Bonchev–Trinajstić information content (AvgIpc) is 2.45. The second-order valence-corrected chi connectivity index (χ2v) is 4.42. The minimum absolute atomic E-state index is 0.106. The molecule has 0 heterocycles. The summed E-state index contributed by atoms with van der Waals surface area (Å²) in [6.45, 7) is 1.42. The summed E-state index contributed by atoms with van der Waals surface area (Å²) >= 11 is 0. The SMILES string of the molecule is COc1ccc([N+](=O)[O-])cc1C(=O)O[C@@H](C)C(=O)N(C)C. The molecule has 0 spiro atoms. The van der Waals surface area contributed by atoms with Crippen molar-refractivity contribution in [3.8, 4) is 5.75 Å². The second kappa shape index (κ2) is 6.69. The predicted molar refractivity (Wildman–Crippen MR) is 73.2 cm³/mol. The van der Waals surface area contributed by atoms with Gasteiger partial charge in [-0.3, -0.25) is 14.9 Å². The zero-order valence-corrected chi connectivity index (χ0v) is 12.2. The van der Waals surface area contributed by atoms with Crippen molar-refractivity contribution >= 4 is 17.6 Å². The highest BCUT2D eigenvalue weighted by atomic mass is 16.6. The zero-order chi connectivity index (χ0) is 16.2. The minimum Gasteiger partial charge on any atom is -0.496 e. The normalized spacial score (nSPS) is 11.4. The van der Waals surface area contributed by atoms with Crippen LogP contribution in [0.25, 0.3) is 0 Å². The van der Waals surface area contributed by atoms with E-state index in [1.807, 2.05) is 0 Å². The molecule has 21 heavy (non-hydrogen) atoms. The van der Waals surface area contributed by atoms with E-state index in [-0.39, 0.29) is 17.0 Å². The van der Waals surface area contributed by atoms with Gasteiger partial charge in [-0.1, -0.05) is 0 Å². The van der Waals surface area contributed by atoms with Crippen molar-refractivity contribution in [2.24, 2.45) is 0 Å². The number of non-ortho nitro benzene ring substituents is 1. The quantitative estimate of drug-likeness (QED) is 0.460. The molecular weight excluding hydrogens is 280 g/mol. The molecule has 1 aromatic rings. The number of benzene rings is 1. The van der Waals surface area contributed by atoms with Gasteiger partial charge in [-0.15, -0.1) is 0 Å². The first-order valence-corrected chi connectivity index (χ1v) is 6.02. The molecule has 0 aliphatic heterocycles. The molecule has 0 N–H and O–H groups in total. The summed E-state index contributed by atoms with van der Waals surface area (Å²) < 4.78 is 9.98. The van der Waals surface area contributed by atoms with Crippen LogP contribution >= 0.6 is 0 Å². The summed E-state index contributed by atoms with van der Waals surface area (Å²) in [4.78, 5) is 35.1. The third-order valence-electron chi connectivity index (χ3n) is 2.69. The number of carbonyl (C=O) groups excluding carboxylic acids is 2. The van der Waals surface area contributed by atoms with Crippen molar-refractivity contribution in [2.75, 3.05) is 21.2 Å². The summed E-state index contributed by atoms with van der Waals surface area (Å²) in [5.41, 5.74) is -0.376. The lowest BCUT2D eigenvalue weighted by Gasteiger charge is -2.17. The summed E-state index contributed by atoms with van der Waals surface area (Å²) in [6.07, 6.45) is -1.00.